The van der Waals surface area contributed by atoms with Crippen LogP contribution < -0.4 is 5.32 Å². The number of benzene rings is 6. The van der Waals surface area contributed by atoms with Gasteiger partial charge in [0.25, 0.3) is 0 Å². The van der Waals surface area contributed by atoms with Crippen LogP contribution in [0.1, 0.15) is 0 Å². The molecule has 0 radical (unpaired) electrons. The molecule has 0 atom stereocenters. The third-order valence-electron chi connectivity index (χ3n) is 9.99. The van der Waals surface area contributed by atoms with Gasteiger partial charge in [-0.2, -0.15) is 0 Å². The van der Waals surface area contributed by atoms with E-state index < -0.39 is 0 Å². The van der Waals surface area contributed by atoms with Crippen LogP contribution >= 0.6 is 0 Å². The van der Waals surface area contributed by atoms with Gasteiger partial charge in [-0.1, -0.05) is 103 Å². The van der Waals surface area contributed by atoms with Crippen molar-refractivity contribution in [1.29, 1.82) is 0 Å². The van der Waals surface area contributed by atoms with Gasteiger partial charge < -0.3 is 9.88 Å². The van der Waals surface area contributed by atoms with Crippen LogP contribution in [0.2, 0.25) is 0 Å². The summed E-state index contributed by atoms with van der Waals surface area (Å²) in [6, 6.07) is 54.8. The maximum absolute atomic E-state index is 4.66. The van der Waals surface area contributed by atoms with E-state index in [2.05, 4.69) is 177 Å². The molecular weight excluding hydrogens is 609 g/mol. The molecule has 10 rings (SSSR count). The zero-order chi connectivity index (χ0) is 33.0. The smallest absolute Gasteiger partial charge is 0.111 e. The number of rotatable bonds is 5. The van der Waals surface area contributed by atoms with Crippen molar-refractivity contribution in [3.63, 3.8) is 0 Å². The van der Waals surface area contributed by atoms with Crippen molar-refractivity contribution in [2.24, 2.45) is 0 Å². The molecule has 9 aromatic rings. The topological polar surface area (TPSA) is 34.8 Å². The maximum Gasteiger partial charge on any atom is 0.111 e. The fourth-order valence-electron chi connectivity index (χ4n) is 7.70. The molecule has 4 heterocycles. The van der Waals surface area contributed by atoms with Crippen LogP contribution in [-0.4, -0.2) is 20.7 Å². The predicted octanol–water partition coefficient (Wildman–Crippen LogP) is 11.2. The Morgan fingerprint density at radius 2 is 1.10 bits per heavy atom. The van der Waals surface area contributed by atoms with Crippen LogP contribution in [0.4, 0.5) is 0 Å². The number of hydrogen-bond acceptors (Lipinski definition) is 2. The van der Waals surface area contributed by atoms with Gasteiger partial charge in [-0.15, -0.1) is 0 Å². The molecule has 0 unspecified atom stereocenters. The summed E-state index contributed by atoms with van der Waals surface area (Å²) in [5.74, 6) is 1.10. The van der Waals surface area contributed by atoms with Crippen LogP contribution in [-0.2, 0) is 0 Å². The Hall–Kier alpha value is -6.65. The van der Waals surface area contributed by atoms with Gasteiger partial charge in [-0.3, -0.25) is 9.55 Å². The van der Waals surface area contributed by atoms with E-state index in [1.807, 2.05) is 18.3 Å². The highest BCUT2D eigenvalue weighted by Gasteiger charge is 2.19. The average molecular weight is 641 g/mol. The number of fused-ring (bicyclic) bond motifs is 6. The lowest BCUT2D eigenvalue weighted by Crippen LogP contribution is -2.19. The molecule has 0 saturated carbocycles. The van der Waals surface area contributed by atoms with Gasteiger partial charge in [0.05, 0.1) is 33.4 Å². The summed E-state index contributed by atoms with van der Waals surface area (Å²) in [6.07, 6.45) is 8.28. The van der Waals surface area contributed by atoms with Crippen LogP contribution in [0, 0.1) is 0 Å². The summed E-state index contributed by atoms with van der Waals surface area (Å²) in [4.78, 5) is 4.66. The summed E-state index contributed by atoms with van der Waals surface area (Å²) in [5.41, 5.74) is 12.7. The minimum atomic E-state index is 0.826. The lowest BCUT2D eigenvalue weighted by atomic mass is 9.99. The first-order valence-corrected chi connectivity index (χ1v) is 17.1. The molecule has 6 aromatic carbocycles. The van der Waals surface area contributed by atoms with Crippen molar-refractivity contribution in [2.45, 2.75) is 0 Å². The Bertz CT molecular complexity index is 2800. The largest absolute Gasteiger partial charge is 0.368 e. The summed E-state index contributed by atoms with van der Waals surface area (Å²) < 4.78 is 4.77. The first-order valence-electron chi connectivity index (χ1n) is 17.1. The van der Waals surface area contributed by atoms with E-state index in [-0.39, 0.29) is 0 Å². The van der Waals surface area contributed by atoms with E-state index in [0.717, 1.165) is 29.3 Å². The molecule has 1 N–H and O–H groups in total. The second-order valence-electron chi connectivity index (χ2n) is 12.8. The molecule has 4 nitrogen and oxygen atoms in total. The molecule has 1 aliphatic rings. The quantitative estimate of drug-likeness (QED) is 0.203. The molecule has 0 bridgehead atoms. The number of aromatic nitrogens is 3. The molecule has 0 aliphatic carbocycles. The summed E-state index contributed by atoms with van der Waals surface area (Å²) in [7, 11) is 0. The van der Waals surface area contributed by atoms with Gasteiger partial charge >= 0.3 is 0 Å². The molecule has 0 spiro atoms. The van der Waals surface area contributed by atoms with E-state index >= 15 is 0 Å². The molecule has 3 aromatic heterocycles. The summed E-state index contributed by atoms with van der Waals surface area (Å²) in [6.45, 7) is 0.826. The SMILES string of the molecule is C1=CCNC(n2c3ccccc3c3cc(-c4ccc5c(c4)c4ccccc4n5-c4ccc(-c5ccccn5)cc4-c4ccccc4)ccc32)=C1. The Morgan fingerprint density at radius 3 is 1.78 bits per heavy atom. The number of nitrogens with zero attached hydrogens (tertiary/aromatic N) is 3. The molecule has 1 aliphatic heterocycles. The second kappa shape index (κ2) is 11.5. The summed E-state index contributed by atoms with van der Waals surface area (Å²) in [5, 5.41) is 8.53. The number of hydrogen-bond donors (Lipinski definition) is 1. The van der Waals surface area contributed by atoms with Gasteiger partial charge in [0.2, 0.25) is 0 Å². The van der Waals surface area contributed by atoms with E-state index in [0.29, 0.717) is 0 Å². The zero-order valence-electron chi connectivity index (χ0n) is 27.3. The highest BCUT2D eigenvalue weighted by Crippen LogP contribution is 2.40. The first kappa shape index (κ1) is 28.4. The predicted molar refractivity (Wildman–Crippen MR) is 209 cm³/mol. The average Bonchev–Trinajstić information content (AvgIpc) is 3.71. The minimum absolute atomic E-state index is 0.826. The van der Waals surface area contributed by atoms with E-state index in [9.17, 15) is 0 Å². The normalized spacial score (nSPS) is 12.9. The van der Waals surface area contributed by atoms with Crippen molar-refractivity contribution in [3.8, 4) is 39.2 Å². The fraction of sp³-hybridized carbons (Fsp3) is 0.0217. The van der Waals surface area contributed by atoms with Crippen molar-refractivity contribution in [2.75, 3.05) is 6.54 Å². The first-order chi connectivity index (χ1) is 24.8. The molecular formula is C46H32N4. The molecule has 50 heavy (non-hydrogen) atoms. The Balaban J connectivity index is 1.17. The van der Waals surface area contributed by atoms with Crippen LogP contribution in [0.5, 0.6) is 0 Å². The number of pyridine rings is 1. The number of allylic oxidation sites excluding steroid dienone is 2. The number of dihydropyridines is 1. The number of nitrogens with one attached hydrogen (secondary N) is 1. The molecule has 4 heteroatoms. The van der Waals surface area contributed by atoms with Crippen LogP contribution in [0.3, 0.4) is 0 Å². The second-order valence-corrected chi connectivity index (χ2v) is 12.8. The van der Waals surface area contributed by atoms with Gasteiger partial charge in [0.15, 0.2) is 0 Å². The van der Waals surface area contributed by atoms with Crippen molar-refractivity contribution >= 4 is 49.4 Å². The van der Waals surface area contributed by atoms with E-state index in [4.69, 9.17) is 0 Å². The molecule has 0 amide bonds. The van der Waals surface area contributed by atoms with Crippen molar-refractivity contribution in [1.82, 2.24) is 19.4 Å². The van der Waals surface area contributed by atoms with E-state index in [1.165, 1.54) is 65.9 Å². The van der Waals surface area contributed by atoms with Gasteiger partial charge in [0.1, 0.15) is 5.82 Å². The Kier molecular flexibility index (Phi) is 6.53. The van der Waals surface area contributed by atoms with Crippen LogP contribution in [0.15, 0.2) is 176 Å². The zero-order valence-corrected chi connectivity index (χ0v) is 27.3. The summed E-state index contributed by atoms with van der Waals surface area (Å²) >= 11 is 0. The molecule has 0 fully saturated rings. The van der Waals surface area contributed by atoms with Gasteiger partial charge in [-0.25, -0.2) is 0 Å². The highest BCUT2D eigenvalue weighted by molar-refractivity contribution is 6.13. The number of para-hydroxylation sites is 2. The maximum atomic E-state index is 4.66. The lowest BCUT2D eigenvalue weighted by molar-refractivity contribution is 0.922. The standard InChI is InChI=1S/C46H32N4/c1-2-12-31(13-3-1)37-30-34(40-16-8-10-26-47-40)22-25-43(37)49-41-17-6-4-14-35(41)38-28-32(20-23-44(38)49)33-21-24-45-39(29-33)36-15-5-7-18-42(36)50(45)46-19-9-11-27-48-46/h1-26,28-30,48H,27H2. The van der Waals surface area contributed by atoms with Gasteiger partial charge in [-0.05, 0) is 83.4 Å². The van der Waals surface area contributed by atoms with Gasteiger partial charge in [0, 0.05) is 45.4 Å². The molecule has 0 saturated heterocycles. The minimum Gasteiger partial charge on any atom is -0.368 e. The fourth-order valence-corrected chi connectivity index (χ4v) is 7.70. The van der Waals surface area contributed by atoms with Crippen LogP contribution in [0.25, 0.3) is 88.6 Å². The molecule has 236 valence electrons. The Morgan fingerprint density at radius 1 is 0.480 bits per heavy atom. The lowest BCUT2D eigenvalue weighted by Gasteiger charge is -2.16. The third kappa shape index (κ3) is 4.50. The van der Waals surface area contributed by atoms with Crippen molar-refractivity contribution < 1.29 is 0 Å². The third-order valence-corrected chi connectivity index (χ3v) is 9.99. The monoisotopic (exact) mass is 640 g/mol. The Labute approximate surface area is 289 Å². The van der Waals surface area contributed by atoms with Crippen molar-refractivity contribution in [3.05, 3.63) is 176 Å². The highest BCUT2D eigenvalue weighted by atomic mass is 15.1. The van der Waals surface area contributed by atoms with E-state index in [1.54, 1.807) is 0 Å².